The molecule has 0 spiro atoms. The maximum absolute atomic E-state index is 11.6. The van der Waals surface area contributed by atoms with Crippen LogP contribution in [-0.2, 0) is 0 Å². The molecule has 0 aliphatic heterocycles. The van der Waals surface area contributed by atoms with Gasteiger partial charge in [-0.05, 0) is 104 Å². The fraction of sp³-hybridized carbons (Fsp3) is 0.300. The molecule has 0 aliphatic carbocycles. The van der Waals surface area contributed by atoms with Crippen LogP contribution in [0.3, 0.4) is 0 Å². The van der Waals surface area contributed by atoms with E-state index < -0.39 is 0 Å². The van der Waals surface area contributed by atoms with Gasteiger partial charge in [0.1, 0.15) is 6.07 Å². The van der Waals surface area contributed by atoms with Gasteiger partial charge in [-0.3, -0.25) is 9.79 Å². The third-order valence-corrected chi connectivity index (χ3v) is 5.43. The quantitative estimate of drug-likeness (QED) is 0.220. The van der Waals surface area contributed by atoms with Crippen molar-refractivity contribution in [1.29, 1.82) is 5.26 Å². The number of nitriles is 1. The third kappa shape index (κ3) is 8.11. The summed E-state index contributed by atoms with van der Waals surface area (Å²) in [4.78, 5) is 20.4. The average Bonchev–Trinajstić information content (AvgIpc) is 3.21. The summed E-state index contributed by atoms with van der Waals surface area (Å²) >= 11 is 0. The van der Waals surface area contributed by atoms with Gasteiger partial charge >= 0.3 is 0 Å². The highest BCUT2D eigenvalue weighted by molar-refractivity contribution is 5.96. The molecule has 0 saturated carbocycles. The first-order valence-corrected chi connectivity index (χ1v) is 12.1. The number of hydrogen-bond acceptors (Lipinski definition) is 6. The van der Waals surface area contributed by atoms with Crippen LogP contribution in [0, 0.1) is 39.0 Å². The number of hydrogen-bond donors (Lipinski definition) is 1. The molecule has 3 rings (SSSR count). The highest BCUT2D eigenvalue weighted by Crippen LogP contribution is 2.23. The Morgan fingerprint density at radius 2 is 1.76 bits per heavy atom. The largest absolute Gasteiger partial charge is 0.359 e. The predicted molar refractivity (Wildman–Crippen MR) is 152 cm³/mol. The van der Waals surface area contributed by atoms with Gasteiger partial charge in [-0.25, -0.2) is 9.67 Å². The smallest absolute Gasteiger partial charge is 0.163 e. The van der Waals surface area contributed by atoms with Crippen molar-refractivity contribution in [3.05, 3.63) is 87.5 Å². The Morgan fingerprint density at radius 3 is 2.30 bits per heavy atom. The second-order valence-electron chi connectivity index (χ2n) is 9.12. The van der Waals surface area contributed by atoms with Crippen LogP contribution < -0.4 is 5.32 Å². The molecule has 0 saturated heterocycles. The van der Waals surface area contributed by atoms with E-state index in [4.69, 9.17) is 5.26 Å². The van der Waals surface area contributed by atoms with Gasteiger partial charge in [-0.2, -0.15) is 10.4 Å². The van der Waals surface area contributed by atoms with Crippen molar-refractivity contribution in [3.63, 3.8) is 0 Å². The highest BCUT2D eigenvalue weighted by atomic mass is 16.1. The monoisotopic (exact) mass is 496 g/mol. The van der Waals surface area contributed by atoms with E-state index >= 15 is 0 Å². The number of nitrogens with zero attached hydrogens (tertiary/aromatic N) is 5. The second kappa shape index (κ2) is 13.1. The van der Waals surface area contributed by atoms with Crippen LogP contribution in [0.25, 0.3) is 5.82 Å². The molecular weight excluding hydrogens is 460 g/mol. The Hall–Kier alpha value is -4.31. The molecule has 0 aliphatic rings. The van der Waals surface area contributed by atoms with Gasteiger partial charge in [-0.1, -0.05) is 11.6 Å². The first-order valence-electron chi connectivity index (χ1n) is 12.1. The molecule has 7 nitrogen and oxygen atoms in total. The Kier molecular flexibility index (Phi) is 10.3. The lowest BCUT2D eigenvalue weighted by molar-refractivity contribution is 0.101. The lowest BCUT2D eigenvalue weighted by Crippen LogP contribution is -2.09. The summed E-state index contributed by atoms with van der Waals surface area (Å²) in [6.45, 7) is 17.3. The van der Waals surface area contributed by atoms with Gasteiger partial charge in [0.2, 0.25) is 0 Å². The predicted octanol–water partition coefficient (Wildman–Crippen LogP) is 7.27. The topological polar surface area (TPSA) is 96.0 Å². The van der Waals surface area contributed by atoms with Crippen LogP contribution in [0.5, 0.6) is 0 Å². The Balaban J connectivity index is 0.000000261. The Bertz CT molecular complexity index is 1410. The van der Waals surface area contributed by atoms with Crippen LogP contribution in [-0.4, -0.2) is 26.8 Å². The minimum atomic E-state index is -0.00503. The van der Waals surface area contributed by atoms with Crippen molar-refractivity contribution in [2.24, 2.45) is 4.99 Å². The van der Waals surface area contributed by atoms with Crippen molar-refractivity contribution >= 4 is 23.4 Å². The van der Waals surface area contributed by atoms with Gasteiger partial charge in [0.25, 0.3) is 0 Å². The molecule has 0 radical (unpaired) electrons. The maximum Gasteiger partial charge on any atom is 0.163 e. The number of aromatic nitrogens is 3. The van der Waals surface area contributed by atoms with E-state index in [1.807, 2.05) is 46.0 Å². The Morgan fingerprint density at radius 1 is 1.05 bits per heavy atom. The standard InChI is InChI=1S/C16H22N2.C14H14N4O/c1-6-17-16-10-9-15(11-13(16)4)18-14(5)8-7-12(2)3;1-8-5-13(11(4)19)10(3)14(16-8)18-9(2)6-12(7-15)17-18/h6-11,18H,1-5H3;5-6H,1-4H3/b14-8+,17-6?;. The minimum absolute atomic E-state index is 0.00503. The molecule has 1 aromatic carbocycles. The molecule has 0 atom stereocenters. The van der Waals surface area contributed by atoms with Gasteiger partial charge < -0.3 is 5.32 Å². The van der Waals surface area contributed by atoms with Crippen molar-refractivity contribution in [1.82, 2.24) is 14.8 Å². The van der Waals surface area contributed by atoms with E-state index in [0.29, 0.717) is 17.1 Å². The number of aryl methyl sites for hydroxylation is 3. The zero-order valence-corrected chi connectivity index (χ0v) is 23.3. The average molecular weight is 497 g/mol. The van der Waals surface area contributed by atoms with Crippen LogP contribution in [0.1, 0.15) is 73.2 Å². The number of pyridine rings is 1. The molecular formula is C30H36N6O. The van der Waals surface area contributed by atoms with Gasteiger partial charge in [0, 0.05) is 40.1 Å². The lowest BCUT2D eigenvalue weighted by atomic mass is 10.1. The number of carbonyl (C=O) groups excluding carboxylic acids is 1. The van der Waals surface area contributed by atoms with E-state index in [-0.39, 0.29) is 5.78 Å². The van der Waals surface area contributed by atoms with Gasteiger partial charge in [0.05, 0.1) is 5.69 Å². The van der Waals surface area contributed by atoms with Crippen LogP contribution in [0.2, 0.25) is 0 Å². The van der Waals surface area contributed by atoms with Crippen molar-refractivity contribution in [2.75, 3.05) is 5.32 Å². The van der Waals surface area contributed by atoms with E-state index in [0.717, 1.165) is 34.0 Å². The molecule has 0 fully saturated rings. The van der Waals surface area contributed by atoms with E-state index in [9.17, 15) is 4.79 Å². The summed E-state index contributed by atoms with van der Waals surface area (Å²) in [6.07, 6.45) is 6.00. The summed E-state index contributed by atoms with van der Waals surface area (Å²) in [5.41, 5.74) is 9.02. The summed E-state index contributed by atoms with van der Waals surface area (Å²) in [5.74, 6) is 0.596. The summed E-state index contributed by atoms with van der Waals surface area (Å²) in [6, 6.07) is 11.7. The van der Waals surface area contributed by atoms with E-state index in [2.05, 4.69) is 72.4 Å². The number of nitrogens with one attached hydrogen (secondary N) is 1. The molecule has 3 aromatic rings. The number of anilines is 1. The molecule has 192 valence electrons. The second-order valence-corrected chi connectivity index (χ2v) is 9.12. The SMILES string of the molecule is CC(=O)c1cc(C)nc(-n2nc(C#N)cc2C)c1C.CC=Nc1ccc(N/C(C)=C/C=C(C)C)cc1C. The highest BCUT2D eigenvalue weighted by Gasteiger charge is 2.15. The zero-order chi connectivity index (χ0) is 27.7. The number of aliphatic imine (C=N–C) groups is 1. The zero-order valence-electron chi connectivity index (χ0n) is 23.3. The molecule has 0 unspecified atom stereocenters. The molecule has 2 heterocycles. The number of Topliss-reactive ketones (excluding diaryl/α,β-unsaturated/α-hetero) is 1. The van der Waals surface area contributed by atoms with Gasteiger partial charge in [0.15, 0.2) is 17.3 Å². The van der Waals surface area contributed by atoms with E-state index in [1.54, 1.807) is 16.8 Å². The summed E-state index contributed by atoms with van der Waals surface area (Å²) in [7, 11) is 0. The number of carbonyl (C=O) groups is 1. The van der Waals surface area contributed by atoms with Gasteiger partial charge in [-0.15, -0.1) is 0 Å². The summed E-state index contributed by atoms with van der Waals surface area (Å²) < 4.78 is 1.60. The van der Waals surface area contributed by atoms with Crippen LogP contribution in [0.4, 0.5) is 11.4 Å². The normalized spacial score (nSPS) is 11.0. The fourth-order valence-corrected chi connectivity index (χ4v) is 3.61. The minimum Gasteiger partial charge on any atom is -0.359 e. The number of ketones is 1. The number of rotatable bonds is 6. The first-order chi connectivity index (χ1) is 17.5. The first kappa shape index (κ1) is 28.9. The van der Waals surface area contributed by atoms with Crippen molar-refractivity contribution in [2.45, 2.75) is 62.3 Å². The number of benzene rings is 1. The maximum atomic E-state index is 11.6. The van der Waals surface area contributed by atoms with Crippen molar-refractivity contribution in [3.8, 4) is 11.9 Å². The molecule has 1 N–H and O–H groups in total. The molecule has 0 bridgehead atoms. The van der Waals surface area contributed by atoms with Crippen molar-refractivity contribution < 1.29 is 4.79 Å². The third-order valence-electron chi connectivity index (χ3n) is 5.43. The molecule has 0 amide bonds. The van der Waals surface area contributed by atoms with E-state index in [1.165, 1.54) is 18.1 Å². The summed E-state index contributed by atoms with van der Waals surface area (Å²) in [5, 5.41) is 16.4. The lowest BCUT2D eigenvalue weighted by Gasteiger charge is -2.11. The Labute approximate surface area is 220 Å². The fourth-order valence-electron chi connectivity index (χ4n) is 3.61. The molecule has 7 heteroatoms. The molecule has 2 aromatic heterocycles. The van der Waals surface area contributed by atoms with Crippen LogP contribution in [0.15, 0.2) is 58.7 Å². The molecule has 37 heavy (non-hydrogen) atoms. The van der Waals surface area contributed by atoms with Crippen LogP contribution >= 0.6 is 0 Å². The number of allylic oxidation sites excluding steroid dienone is 4.